The maximum Gasteiger partial charge on any atom is 0.245 e. The van der Waals surface area contributed by atoms with Crippen molar-refractivity contribution in [1.29, 1.82) is 0 Å². The summed E-state index contributed by atoms with van der Waals surface area (Å²) in [4.78, 5) is 6.95. The maximum atomic E-state index is 5.81. The molecule has 0 radical (unpaired) electrons. The number of nitrogens with two attached hydrogens (primary N) is 1. The lowest BCUT2D eigenvalue weighted by molar-refractivity contribution is 0.369. The Hall–Kier alpha value is -1.62. The van der Waals surface area contributed by atoms with Gasteiger partial charge in [0.2, 0.25) is 5.95 Å². The van der Waals surface area contributed by atoms with Crippen LogP contribution in [0.5, 0.6) is 0 Å². The first kappa shape index (κ1) is 12.4. The Bertz CT molecular complexity index is 576. The second-order valence-corrected chi connectivity index (χ2v) is 5.60. The van der Waals surface area contributed by atoms with Crippen LogP contribution >= 0.6 is 0 Å². The van der Waals surface area contributed by atoms with Crippen molar-refractivity contribution in [2.75, 3.05) is 18.0 Å². The molecule has 1 aliphatic heterocycles. The van der Waals surface area contributed by atoms with E-state index in [9.17, 15) is 0 Å². The number of rotatable bonds is 2. The molecule has 3 heterocycles. The van der Waals surface area contributed by atoms with E-state index in [1.165, 1.54) is 12.0 Å². The lowest BCUT2D eigenvalue weighted by Gasteiger charge is -2.36. The number of aromatic nitrogens is 3. The Kier molecular flexibility index (Phi) is 3.14. The number of aryl methyl sites for hydroxylation is 1. The van der Waals surface area contributed by atoms with Gasteiger partial charge in [0.1, 0.15) is 0 Å². The average molecular weight is 259 g/mol. The van der Waals surface area contributed by atoms with Gasteiger partial charge in [0.25, 0.3) is 0 Å². The first-order valence-electron chi connectivity index (χ1n) is 6.97. The zero-order valence-corrected chi connectivity index (χ0v) is 11.6. The number of pyridine rings is 1. The fourth-order valence-corrected chi connectivity index (χ4v) is 2.75. The number of piperidine rings is 1. The van der Waals surface area contributed by atoms with Gasteiger partial charge in [0.05, 0.1) is 0 Å². The smallest absolute Gasteiger partial charge is 0.245 e. The number of hydrogen-bond acceptors (Lipinski definition) is 4. The number of anilines is 1. The highest BCUT2D eigenvalue weighted by molar-refractivity contribution is 5.47. The van der Waals surface area contributed by atoms with Crippen LogP contribution in [0.25, 0.3) is 5.65 Å². The summed E-state index contributed by atoms with van der Waals surface area (Å²) in [6.07, 6.45) is 4.34. The molecular formula is C14H21N5. The van der Waals surface area contributed by atoms with Gasteiger partial charge in [-0.15, -0.1) is 5.10 Å². The predicted octanol–water partition coefficient (Wildman–Crippen LogP) is 1.60. The van der Waals surface area contributed by atoms with Crippen molar-refractivity contribution >= 4 is 11.6 Å². The summed E-state index contributed by atoms with van der Waals surface area (Å²) in [5.74, 6) is 1.39. The van der Waals surface area contributed by atoms with Gasteiger partial charge < -0.3 is 10.6 Å². The Morgan fingerprint density at radius 3 is 3.05 bits per heavy atom. The molecule has 0 bridgehead atoms. The lowest BCUT2D eigenvalue weighted by Crippen LogP contribution is -2.44. The van der Waals surface area contributed by atoms with Crippen molar-refractivity contribution in [2.24, 2.45) is 11.7 Å². The molecule has 0 saturated carbocycles. The van der Waals surface area contributed by atoms with Crippen LogP contribution < -0.4 is 10.6 Å². The molecule has 2 N–H and O–H groups in total. The van der Waals surface area contributed by atoms with E-state index >= 15 is 0 Å². The van der Waals surface area contributed by atoms with Crippen molar-refractivity contribution < 1.29 is 0 Å². The summed E-state index contributed by atoms with van der Waals surface area (Å²) in [7, 11) is 0. The third-order valence-corrected chi connectivity index (χ3v) is 4.05. The first-order valence-corrected chi connectivity index (χ1v) is 6.97. The van der Waals surface area contributed by atoms with E-state index in [2.05, 4.69) is 34.9 Å². The average Bonchev–Trinajstić information content (AvgIpc) is 2.82. The van der Waals surface area contributed by atoms with Gasteiger partial charge >= 0.3 is 0 Å². The van der Waals surface area contributed by atoms with Crippen LogP contribution in [0.2, 0.25) is 0 Å². The summed E-state index contributed by atoms with van der Waals surface area (Å²) < 4.78 is 1.85. The molecule has 0 amide bonds. The first-order chi connectivity index (χ1) is 9.17. The van der Waals surface area contributed by atoms with Crippen molar-refractivity contribution in [2.45, 2.75) is 32.7 Å². The zero-order valence-electron chi connectivity index (χ0n) is 11.6. The molecule has 1 fully saturated rings. The number of hydrogen-bond donors (Lipinski definition) is 1. The van der Waals surface area contributed by atoms with Crippen LogP contribution in [0.15, 0.2) is 18.3 Å². The van der Waals surface area contributed by atoms with Gasteiger partial charge in [-0.2, -0.15) is 4.98 Å². The highest BCUT2D eigenvalue weighted by Crippen LogP contribution is 2.25. The molecule has 2 atom stereocenters. The largest absolute Gasteiger partial charge is 0.336 e. The Morgan fingerprint density at radius 1 is 1.42 bits per heavy atom. The van der Waals surface area contributed by atoms with Crippen molar-refractivity contribution in [3.05, 3.63) is 23.9 Å². The Balaban J connectivity index is 1.93. The van der Waals surface area contributed by atoms with Gasteiger partial charge in [-0.25, -0.2) is 4.52 Å². The van der Waals surface area contributed by atoms with Crippen LogP contribution in [0.4, 0.5) is 5.95 Å². The van der Waals surface area contributed by atoms with E-state index in [1.807, 2.05) is 16.8 Å². The fourth-order valence-electron chi connectivity index (χ4n) is 2.75. The van der Waals surface area contributed by atoms with E-state index in [0.29, 0.717) is 12.0 Å². The molecular weight excluding hydrogens is 238 g/mol. The molecule has 2 aromatic heterocycles. The van der Waals surface area contributed by atoms with Gasteiger partial charge in [-0.1, -0.05) is 0 Å². The summed E-state index contributed by atoms with van der Waals surface area (Å²) in [5.41, 5.74) is 7.93. The minimum atomic E-state index is 0.487. The molecule has 0 aromatic carbocycles. The summed E-state index contributed by atoms with van der Waals surface area (Å²) in [5, 5.41) is 4.59. The molecule has 0 spiro atoms. The molecule has 1 aliphatic rings. The normalized spacial score (nSPS) is 24.1. The third-order valence-electron chi connectivity index (χ3n) is 4.05. The molecule has 3 rings (SSSR count). The van der Waals surface area contributed by atoms with Crippen LogP contribution in [-0.2, 0) is 0 Å². The summed E-state index contributed by atoms with van der Waals surface area (Å²) >= 11 is 0. The van der Waals surface area contributed by atoms with Gasteiger partial charge in [0.15, 0.2) is 5.65 Å². The van der Waals surface area contributed by atoms with Crippen molar-refractivity contribution in [1.82, 2.24) is 14.6 Å². The highest BCUT2D eigenvalue weighted by Gasteiger charge is 2.27. The summed E-state index contributed by atoms with van der Waals surface area (Å²) in [6.45, 7) is 6.02. The minimum Gasteiger partial charge on any atom is -0.336 e. The SMILES string of the molecule is Cc1ccn2nc(N3CC(CN)CCC3C)nc2c1. The number of fused-ring (bicyclic) bond motifs is 1. The molecule has 0 aliphatic carbocycles. The minimum absolute atomic E-state index is 0.487. The molecule has 5 nitrogen and oxygen atoms in total. The molecule has 2 unspecified atom stereocenters. The Labute approximate surface area is 113 Å². The van der Waals surface area contributed by atoms with E-state index < -0.39 is 0 Å². The van der Waals surface area contributed by atoms with Crippen LogP contribution in [0.1, 0.15) is 25.3 Å². The molecule has 19 heavy (non-hydrogen) atoms. The molecule has 5 heteroatoms. The monoisotopic (exact) mass is 259 g/mol. The second-order valence-electron chi connectivity index (χ2n) is 5.60. The molecule has 1 saturated heterocycles. The highest BCUT2D eigenvalue weighted by atomic mass is 15.4. The standard InChI is InChI=1S/C14H21N5/c1-10-5-6-19-13(7-10)16-14(17-19)18-9-12(8-15)4-3-11(18)2/h5-7,11-12H,3-4,8-9,15H2,1-2H3. The predicted molar refractivity (Wildman–Crippen MR) is 76.3 cm³/mol. The fraction of sp³-hybridized carbons (Fsp3) is 0.571. The lowest BCUT2D eigenvalue weighted by atomic mass is 9.94. The van der Waals surface area contributed by atoms with E-state index in [1.54, 1.807) is 0 Å². The van der Waals surface area contributed by atoms with Gasteiger partial charge in [0, 0.05) is 18.8 Å². The van der Waals surface area contributed by atoms with Crippen LogP contribution in [-0.4, -0.2) is 33.7 Å². The van der Waals surface area contributed by atoms with Gasteiger partial charge in [-0.3, -0.25) is 0 Å². The van der Waals surface area contributed by atoms with Gasteiger partial charge in [-0.05, 0) is 56.8 Å². The summed E-state index contributed by atoms with van der Waals surface area (Å²) in [6, 6.07) is 4.60. The zero-order chi connectivity index (χ0) is 13.4. The van der Waals surface area contributed by atoms with Crippen LogP contribution in [0, 0.1) is 12.8 Å². The van der Waals surface area contributed by atoms with Crippen LogP contribution in [0.3, 0.4) is 0 Å². The quantitative estimate of drug-likeness (QED) is 0.890. The van der Waals surface area contributed by atoms with Crippen molar-refractivity contribution in [3.63, 3.8) is 0 Å². The van der Waals surface area contributed by atoms with Crippen molar-refractivity contribution in [3.8, 4) is 0 Å². The third kappa shape index (κ3) is 2.30. The second kappa shape index (κ2) is 4.81. The maximum absolute atomic E-state index is 5.81. The van der Waals surface area contributed by atoms with E-state index in [4.69, 9.17) is 5.73 Å². The molecule has 2 aromatic rings. The van der Waals surface area contributed by atoms with E-state index in [-0.39, 0.29) is 0 Å². The number of nitrogens with zero attached hydrogens (tertiary/aromatic N) is 4. The topological polar surface area (TPSA) is 59.5 Å². The van der Waals surface area contributed by atoms with E-state index in [0.717, 1.165) is 31.1 Å². The Morgan fingerprint density at radius 2 is 2.26 bits per heavy atom. The molecule has 102 valence electrons.